The van der Waals surface area contributed by atoms with Crippen molar-refractivity contribution in [1.29, 1.82) is 5.41 Å². The molecule has 4 N–H and O–H groups in total. The zero-order valence-electron chi connectivity index (χ0n) is 8.01. The molecule has 0 amide bonds. The molecule has 1 rings (SSSR count). The van der Waals surface area contributed by atoms with Gasteiger partial charge in [-0.25, -0.2) is 10.2 Å². The zero-order chi connectivity index (χ0) is 11.7. The molecule has 1 atom stereocenters. The second kappa shape index (κ2) is 7.44. The molecule has 0 radical (unpaired) electrons. The van der Waals surface area contributed by atoms with E-state index in [0.717, 1.165) is 11.6 Å². The third-order valence-corrected chi connectivity index (χ3v) is 1.62. The van der Waals surface area contributed by atoms with Crippen molar-refractivity contribution in [3.63, 3.8) is 0 Å². The number of hydrogen-bond donors (Lipinski definition) is 3. The van der Waals surface area contributed by atoms with Crippen LogP contribution in [0.3, 0.4) is 0 Å². The first kappa shape index (κ1) is 13.0. The molecule has 15 heavy (non-hydrogen) atoms. The van der Waals surface area contributed by atoms with Crippen LogP contribution in [0.15, 0.2) is 30.3 Å². The summed E-state index contributed by atoms with van der Waals surface area (Å²) < 4.78 is 0. The summed E-state index contributed by atoms with van der Waals surface area (Å²) in [5.74, 6) is -0.959. The van der Waals surface area contributed by atoms with Crippen molar-refractivity contribution in [3.05, 3.63) is 35.9 Å². The Bertz CT molecular complexity index is 332. The van der Waals surface area contributed by atoms with Gasteiger partial charge in [-0.3, -0.25) is 4.79 Å². The largest absolute Gasteiger partial charge is 0.480 e. The Morgan fingerprint density at radius 2 is 1.93 bits per heavy atom. The molecule has 0 bridgehead atoms. The minimum absolute atomic E-state index is 0.385. The molecule has 5 heteroatoms. The molecule has 80 valence electrons. The number of isocyanates is 1. The lowest BCUT2D eigenvalue weighted by molar-refractivity contribution is -0.138. The Labute approximate surface area is 87.0 Å². The van der Waals surface area contributed by atoms with Crippen LogP contribution in [0.5, 0.6) is 0 Å². The topological polar surface area (TPSA) is 104 Å². The van der Waals surface area contributed by atoms with Gasteiger partial charge in [0.1, 0.15) is 6.04 Å². The maximum Gasteiger partial charge on any atom is 0.320 e. The molecule has 0 aliphatic carbocycles. The van der Waals surface area contributed by atoms with Crippen molar-refractivity contribution in [3.8, 4) is 0 Å². The normalized spacial score (nSPS) is 10.5. The Morgan fingerprint density at radius 3 is 2.33 bits per heavy atom. The quantitative estimate of drug-likeness (QED) is 0.498. The van der Waals surface area contributed by atoms with Gasteiger partial charge in [0.25, 0.3) is 0 Å². The molecule has 0 saturated heterocycles. The molecule has 1 unspecified atom stereocenters. The number of carbonyl (C=O) groups is 1. The second-order valence-corrected chi connectivity index (χ2v) is 2.74. The van der Waals surface area contributed by atoms with E-state index in [2.05, 4.69) is 0 Å². The average Bonchev–Trinajstić information content (AvgIpc) is 2.20. The summed E-state index contributed by atoms with van der Waals surface area (Å²) in [7, 11) is 0. The van der Waals surface area contributed by atoms with Gasteiger partial charge < -0.3 is 10.8 Å². The van der Waals surface area contributed by atoms with Crippen LogP contribution in [0.4, 0.5) is 0 Å². The summed E-state index contributed by atoms with van der Waals surface area (Å²) >= 11 is 0. The molecule has 0 fully saturated rings. The van der Waals surface area contributed by atoms with Gasteiger partial charge in [0.2, 0.25) is 6.08 Å². The van der Waals surface area contributed by atoms with E-state index in [1.54, 1.807) is 0 Å². The minimum atomic E-state index is -0.959. The molecule has 0 spiro atoms. The number of carboxylic acids is 1. The maximum atomic E-state index is 10.4. The van der Waals surface area contributed by atoms with Crippen LogP contribution < -0.4 is 5.73 Å². The average molecular weight is 208 g/mol. The van der Waals surface area contributed by atoms with Gasteiger partial charge in [-0.15, -0.1) is 0 Å². The highest BCUT2D eigenvalue weighted by atomic mass is 16.4. The number of nitrogens with two attached hydrogens (primary N) is 1. The van der Waals surface area contributed by atoms with E-state index >= 15 is 0 Å². The van der Waals surface area contributed by atoms with E-state index in [4.69, 9.17) is 21.0 Å². The molecule has 0 saturated carbocycles. The fourth-order valence-corrected chi connectivity index (χ4v) is 0.955. The predicted octanol–water partition coefficient (Wildman–Crippen LogP) is 0.542. The smallest absolute Gasteiger partial charge is 0.320 e. The van der Waals surface area contributed by atoms with Gasteiger partial charge >= 0.3 is 5.97 Å². The molecule has 1 aromatic carbocycles. The fraction of sp³-hybridized carbons (Fsp3) is 0.200. The number of nitrogens with one attached hydrogen (secondary N) is 1. The van der Waals surface area contributed by atoms with Crippen LogP contribution in [0.1, 0.15) is 5.56 Å². The number of benzene rings is 1. The van der Waals surface area contributed by atoms with Gasteiger partial charge in [-0.1, -0.05) is 30.3 Å². The van der Waals surface area contributed by atoms with E-state index in [1.807, 2.05) is 30.3 Å². The summed E-state index contributed by atoms with van der Waals surface area (Å²) in [6.45, 7) is 0. The van der Waals surface area contributed by atoms with Crippen LogP contribution in [-0.4, -0.2) is 23.2 Å². The van der Waals surface area contributed by atoms with Gasteiger partial charge in [-0.2, -0.15) is 0 Å². The Hall–Kier alpha value is -1.97. The highest BCUT2D eigenvalue weighted by molar-refractivity contribution is 5.73. The van der Waals surface area contributed by atoms with Crippen LogP contribution in [-0.2, 0) is 16.0 Å². The lowest BCUT2D eigenvalue weighted by Crippen LogP contribution is -2.32. The lowest BCUT2D eigenvalue weighted by atomic mass is 10.1. The van der Waals surface area contributed by atoms with Crippen LogP contribution >= 0.6 is 0 Å². The molecule has 5 nitrogen and oxygen atoms in total. The molecular formula is C10H12N2O3. The van der Waals surface area contributed by atoms with E-state index < -0.39 is 12.0 Å². The van der Waals surface area contributed by atoms with Gasteiger partial charge in [-0.05, 0) is 12.0 Å². The number of aliphatic carboxylic acids is 1. The van der Waals surface area contributed by atoms with E-state index in [9.17, 15) is 4.79 Å². The van der Waals surface area contributed by atoms with Crippen molar-refractivity contribution in [2.45, 2.75) is 12.5 Å². The Kier molecular flexibility index (Phi) is 6.46. The number of hydrogen-bond acceptors (Lipinski definition) is 4. The van der Waals surface area contributed by atoms with Crippen molar-refractivity contribution in [2.24, 2.45) is 5.73 Å². The van der Waals surface area contributed by atoms with Crippen molar-refractivity contribution in [1.82, 2.24) is 0 Å². The first-order chi connectivity index (χ1) is 7.11. The summed E-state index contributed by atoms with van der Waals surface area (Å²) in [4.78, 5) is 18.7. The molecule has 0 aliphatic rings. The third-order valence-electron chi connectivity index (χ3n) is 1.62. The van der Waals surface area contributed by atoms with Crippen molar-refractivity contribution in [2.75, 3.05) is 0 Å². The predicted molar refractivity (Wildman–Crippen MR) is 54.2 cm³/mol. The van der Waals surface area contributed by atoms with Crippen LogP contribution in [0.2, 0.25) is 0 Å². The highest BCUT2D eigenvalue weighted by Gasteiger charge is 2.10. The fourth-order valence-electron chi connectivity index (χ4n) is 0.955. The van der Waals surface area contributed by atoms with Crippen molar-refractivity contribution >= 4 is 12.0 Å². The van der Waals surface area contributed by atoms with Crippen molar-refractivity contribution < 1.29 is 14.7 Å². The molecular weight excluding hydrogens is 196 g/mol. The number of rotatable bonds is 3. The maximum absolute atomic E-state index is 10.4. The van der Waals surface area contributed by atoms with E-state index in [-0.39, 0.29) is 0 Å². The third kappa shape index (κ3) is 6.15. The van der Waals surface area contributed by atoms with Gasteiger partial charge in [0.15, 0.2) is 0 Å². The molecule has 0 heterocycles. The number of carbonyl (C=O) groups excluding carboxylic acids is 1. The Balaban J connectivity index is 0.000000583. The molecule has 0 aromatic heterocycles. The monoisotopic (exact) mass is 208 g/mol. The van der Waals surface area contributed by atoms with E-state index in [1.165, 1.54) is 0 Å². The lowest BCUT2D eigenvalue weighted by Gasteiger charge is -2.04. The zero-order valence-corrected chi connectivity index (χ0v) is 8.01. The summed E-state index contributed by atoms with van der Waals surface area (Å²) in [5, 5.41) is 13.9. The van der Waals surface area contributed by atoms with E-state index in [0.29, 0.717) is 6.42 Å². The second-order valence-electron chi connectivity index (χ2n) is 2.74. The highest BCUT2D eigenvalue weighted by Crippen LogP contribution is 2.01. The van der Waals surface area contributed by atoms with Gasteiger partial charge in [0, 0.05) is 0 Å². The van der Waals surface area contributed by atoms with Crippen LogP contribution in [0.25, 0.3) is 0 Å². The number of carboxylic acid groups (broad SMARTS) is 1. The molecule has 1 aromatic rings. The first-order valence-corrected chi connectivity index (χ1v) is 4.18. The van der Waals surface area contributed by atoms with Crippen LogP contribution in [0, 0.1) is 5.41 Å². The SMILES string of the molecule is N=C=O.NC(Cc1ccccc1)C(=O)O. The van der Waals surface area contributed by atoms with Gasteiger partial charge in [0.05, 0.1) is 0 Å². The summed E-state index contributed by atoms with van der Waals surface area (Å²) in [6, 6.07) is 8.54. The summed E-state index contributed by atoms with van der Waals surface area (Å²) in [6.07, 6.45) is 1.14. The molecule has 0 aliphatic heterocycles. The first-order valence-electron chi connectivity index (χ1n) is 4.18. The minimum Gasteiger partial charge on any atom is -0.480 e. The Morgan fingerprint density at radius 1 is 1.47 bits per heavy atom. The summed E-state index contributed by atoms with van der Waals surface area (Å²) in [5.41, 5.74) is 6.30. The standard InChI is InChI=1S/C9H11NO2.CHNO/c10-8(9(11)12)6-7-4-2-1-3-5-7;2-1-3/h1-5,8H,6,10H2,(H,11,12);2H.